The largest absolute Gasteiger partial charge is 0.489 e. The van der Waals surface area contributed by atoms with Gasteiger partial charge in [-0.2, -0.15) is 0 Å². The average Bonchev–Trinajstić information content (AvgIpc) is 3.33. The number of nitrogens with zero attached hydrogens (tertiary/aromatic N) is 2. The van der Waals surface area contributed by atoms with E-state index in [4.69, 9.17) is 28.9 Å². The molecule has 0 saturated heterocycles. The number of rotatable bonds is 29. The van der Waals surface area contributed by atoms with Crippen LogP contribution < -0.4 is 9.47 Å². The van der Waals surface area contributed by atoms with Crippen LogP contribution >= 0.6 is 0 Å². The second-order valence-corrected chi connectivity index (χ2v) is 18.3. The van der Waals surface area contributed by atoms with Gasteiger partial charge in [0.25, 0.3) is 0 Å². The number of benzene rings is 3. The minimum absolute atomic E-state index is 0.0407. The lowest BCUT2D eigenvalue weighted by molar-refractivity contribution is -0.253. The Morgan fingerprint density at radius 3 is 2.29 bits per heavy atom. The quantitative estimate of drug-likeness (QED) is 0.0401. The zero-order chi connectivity index (χ0) is 46.6. The van der Waals surface area contributed by atoms with Gasteiger partial charge >= 0.3 is 6.09 Å². The molecule has 6 atom stereocenters. The molecule has 10 nitrogen and oxygen atoms in total. The number of fused-ring (bicyclic) bond motifs is 2. The number of hydrogen-bond donors (Lipinski definition) is 2. The van der Waals surface area contributed by atoms with E-state index in [2.05, 4.69) is 19.6 Å². The molecule has 360 valence electrons. The van der Waals surface area contributed by atoms with Crippen LogP contribution in [-0.4, -0.2) is 72.2 Å². The fraction of sp³-hybridized carbons (Fsp3) is 0.564. The monoisotopic (exact) mass is 911 g/mol. The minimum atomic E-state index is -1.40. The van der Waals surface area contributed by atoms with Gasteiger partial charge < -0.3 is 38.9 Å². The molecule has 1 amide bonds. The molecular formula is C55H75FN2O8. The van der Waals surface area contributed by atoms with Gasteiger partial charge in [-0.3, -0.25) is 0 Å². The maximum Gasteiger partial charge on any atom is 0.409 e. The lowest BCUT2D eigenvalue weighted by Crippen LogP contribution is -2.69. The first kappa shape index (κ1) is 50.7. The van der Waals surface area contributed by atoms with Crippen molar-refractivity contribution < 1.29 is 43.2 Å². The number of halogens is 1. The summed E-state index contributed by atoms with van der Waals surface area (Å²) in [6.45, 7) is 7.23. The summed E-state index contributed by atoms with van der Waals surface area (Å²) in [5.41, 5.74) is 4.00. The molecule has 3 aromatic rings. The molecule has 0 bridgehead atoms. The van der Waals surface area contributed by atoms with E-state index in [9.17, 15) is 19.4 Å². The van der Waals surface area contributed by atoms with E-state index in [1.807, 2.05) is 48.5 Å². The predicted octanol–water partition coefficient (Wildman–Crippen LogP) is 12.2. The van der Waals surface area contributed by atoms with Crippen LogP contribution in [0.3, 0.4) is 0 Å². The Balaban J connectivity index is 1.38. The lowest BCUT2D eigenvalue weighted by atomic mass is 9.55. The zero-order valence-electron chi connectivity index (χ0n) is 39.6. The first-order valence-electron chi connectivity index (χ1n) is 24.8. The van der Waals surface area contributed by atoms with E-state index >= 15 is 0 Å². The standard InChI is InChI=1S/C55H75FN2O8/c1-4-6-7-8-9-10-11-12-13-23-35-62-54(61)58(3)51-38-49(57-65-39-41-24-15-14-16-25-41)46-36-42(26-19-21-32-59)45(28-20-22-33-60)52-47-37-44(63-40-43-27-17-18-29-48(43)56)30-31-50(47)66-55(51,53(46)52)64-34-5-2/h5,14-18,24-25,27,29-31,36-37,42,45,51-53,59-60H,2,4,6-13,19-23,26,28,32-35,38-40H2,1,3H3/t42-,45+,51-,52+,53+,55+/m0/s1. The number of carbonyl (C=O) groups excluding carboxylic acids is 1. The second kappa shape index (κ2) is 26.6. The molecule has 0 aromatic heterocycles. The maximum absolute atomic E-state index is 14.8. The minimum Gasteiger partial charge on any atom is -0.489 e. The van der Waals surface area contributed by atoms with Crippen molar-refractivity contribution >= 4 is 11.8 Å². The molecule has 6 rings (SSSR count). The van der Waals surface area contributed by atoms with Crippen molar-refractivity contribution in [3.05, 3.63) is 120 Å². The molecule has 11 heteroatoms. The Hall–Kier alpha value is -4.71. The zero-order valence-corrected chi connectivity index (χ0v) is 39.6. The van der Waals surface area contributed by atoms with E-state index < -0.39 is 23.8 Å². The van der Waals surface area contributed by atoms with Crippen molar-refractivity contribution in [1.29, 1.82) is 0 Å². The van der Waals surface area contributed by atoms with Crippen LogP contribution in [0.15, 0.2) is 102 Å². The van der Waals surface area contributed by atoms with Gasteiger partial charge in [-0.25, -0.2) is 9.18 Å². The SMILES string of the molecule is C=CCO[C@@]12Oc3ccc(OCc4ccccc4F)cc3[C@H]3[C@H](CCCCO)[C@@H](CCCCO)C=C(C(=NOCc4ccccc4)C[C@@H]1N(C)C(=O)OCCCCCCCCCCCC)[C@H]32. The number of oxime groups is 1. The molecule has 66 heavy (non-hydrogen) atoms. The summed E-state index contributed by atoms with van der Waals surface area (Å²) < 4.78 is 41.4. The molecule has 1 saturated carbocycles. The van der Waals surface area contributed by atoms with Crippen LogP contribution in [0.5, 0.6) is 11.5 Å². The van der Waals surface area contributed by atoms with Gasteiger partial charge in [-0.05, 0) is 79.3 Å². The molecule has 1 fully saturated rings. The first-order valence-corrected chi connectivity index (χ1v) is 24.8. The van der Waals surface area contributed by atoms with Crippen LogP contribution in [-0.2, 0) is 27.5 Å². The number of allylic oxidation sites excluding steroid dienone is 1. The van der Waals surface area contributed by atoms with Gasteiger partial charge in [0.15, 0.2) is 0 Å². The number of likely N-dealkylation sites (N-methyl/N-ethyl adjacent to an activating group) is 1. The maximum atomic E-state index is 14.8. The Labute approximate surface area is 393 Å². The fourth-order valence-electron chi connectivity index (χ4n) is 10.3. The molecule has 0 radical (unpaired) electrons. The smallest absolute Gasteiger partial charge is 0.409 e. The van der Waals surface area contributed by atoms with Gasteiger partial charge in [0.2, 0.25) is 5.79 Å². The molecule has 1 aliphatic heterocycles. The Bertz CT molecular complexity index is 2010. The van der Waals surface area contributed by atoms with Gasteiger partial charge in [0, 0.05) is 43.7 Å². The van der Waals surface area contributed by atoms with Crippen LogP contribution in [0, 0.1) is 23.6 Å². The molecular weight excluding hydrogens is 836 g/mol. The van der Waals surface area contributed by atoms with E-state index in [0.717, 1.165) is 61.6 Å². The van der Waals surface area contributed by atoms with E-state index in [1.165, 1.54) is 51.0 Å². The summed E-state index contributed by atoms with van der Waals surface area (Å²) in [6.07, 6.45) is 20.2. The second-order valence-electron chi connectivity index (χ2n) is 18.3. The third-order valence-corrected chi connectivity index (χ3v) is 13.7. The normalized spacial score (nSPS) is 22.4. The highest BCUT2D eigenvalue weighted by Crippen LogP contribution is 2.62. The van der Waals surface area contributed by atoms with Crippen molar-refractivity contribution in [2.45, 2.75) is 147 Å². The van der Waals surface area contributed by atoms with Gasteiger partial charge in [0.1, 0.15) is 36.6 Å². The first-order chi connectivity index (χ1) is 32.3. The van der Waals surface area contributed by atoms with E-state index in [1.54, 1.807) is 36.2 Å². The van der Waals surface area contributed by atoms with Crippen molar-refractivity contribution in [3.63, 3.8) is 0 Å². The molecule has 3 aromatic carbocycles. The summed E-state index contributed by atoms with van der Waals surface area (Å²) in [4.78, 5) is 22.1. The molecule has 0 unspecified atom stereocenters. The summed E-state index contributed by atoms with van der Waals surface area (Å²) in [5, 5.41) is 24.8. The number of unbranched alkanes of at least 4 members (excludes halogenated alkanes) is 11. The van der Waals surface area contributed by atoms with E-state index in [0.29, 0.717) is 42.2 Å². The van der Waals surface area contributed by atoms with Crippen molar-refractivity contribution in [2.75, 3.05) is 33.5 Å². The van der Waals surface area contributed by atoms with Crippen molar-refractivity contribution in [3.8, 4) is 11.5 Å². The summed E-state index contributed by atoms with van der Waals surface area (Å²) in [6, 6.07) is 21.6. The highest BCUT2D eigenvalue weighted by Gasteiger charge is 2.65. The van der Waals surface area contributed by atoms with Gasteiger partial charge in [0.05, 0.1) is 24.8 Å². The number of carbonyl (C=O) groups is 1. The number of aliphatic hydroxyl groups excluding tert-OH is 2. The summed E-state index contributed by atoms with van der Waals surface area (Å²) in [5.74, 6) is -1.15. The third kappa shape index (κ3) is 13.3. The highest BCUT2D eigenvalue weighted by atomic mass is 19.1. The molecule has 1 heterocycles. The number of ether oxygens (including phenoxy) is 4. The van der Waals surface area contributed by atoms with Crippen LogP contribution in [0.25, 0.3) is 0 Å². The highest BCUT2D eigenvalue weighted by molar-refractivity contribution is 6.02. The topological polar surface area (TPSA) is 119 Å². The van der Waals surface area contributed by atoms with Gasteiger partial charge in [-0.15, -0.1) is 6.58 Å². The Kier molecular flexibility index (Phi) is 20.4. The van der Waals surface area contributed by atoms with Crippen molar-refractivity contribution in [2.24, 2.45) is 22.9 Å². The van der Waals surface area contributed by atoms with Crippen LogP contribution in [0.1, 0.15) is 139 Å². The number of hydrogen-bond acceptors (Lipinski definition) is 9. The average molecular weight is 911 g/mol. The molecule has 0 spiro atoms. The fourth-order valence-corrected chi connectivity index (χ4v) is 10.3. The van der Waals surface area contributed by atoms with Crippen LogP contribution in [0.2, 0.25) is 0 Å². The Morgan fingerprint density at radius 1 is 0.879 bits per heavy atom. The third-order valence-electron chi connectivity index (χ3n) is 13.7. The summed E-state index contributed by atoms with van der Waals surface area (Å²) in [7, 11) is 1.76. The van der Waals surface area contributed by atoms with Gasteiger partial charge in [-0.1, -0.05) is 143 Å². The number of aliphatic hydroxyl groups is 2. The molecule has 2 aliphatic carbocycles. The predicted molar refractivity (Wildman–Crippen MR) is 258 cm³/mol. The number of amides is 1. The lowest BCUT2D eigenvalue weighted by Gasteiger charge is -2.59. The van der Waals surface area contributed by atoms with E-state index in [-0.39, 0.29) is 63.0 Å². The molecule has 2 N–H and O–H groups in total. The van der Waals surface area contributed by atoms with Crippen molar-refractivity contribution in [1.82, 2.24) is 4.90 Å². The summed E-state index contributed by atoms with van der Waals surface area (Å²) >= 11 is 0. The molecule has 3 aliphatic rings. The van der Waals surface area contributed by atoms with Crippen LogP contribution in [0.4, 0.5) is 9.18 Å². The Morgan fingerprint density at radius 2 is 1.58 bits per heavy atom.